The van der Waals surface area contributed by atoms with Gasteiger partial charge in [-0.25, -0.2) is 19.9 Å². The van der Waals surface area contributed by atoms with Gasteiger partial charge in [0.15, 0.2) is 0 Å². The van der Waals surface area contributed by atoms with Crippen LogP contribution in [0.3, 0.4) is 0 Å². The van der Waals surface area contributed by atoms with Gasteiger partial charge in [0.05, 0.1) is 16.7 Å². The van der Waals surface area contributed by atoms with E-state index in [1.807, 2.05) is 37.3 Å². The second kappa shape index (κ2) is 5.13. The summed E-state index contributed by atoms with van der Waals surface area (Å²) < 4.78 is 0. The standard InChI is InChI=1S/C18H16N6/c1-9-11(6-7-14-15(9)10(2)23-18(20)24-14)12-4-3-5-13-16(12)21-8-22-17(13)19/h3-8H,1-2H3,(H2,19,21,22)(H2,20,23,24). The first-order valence-corrected chi connectivity index (χ1v) is 7.59. The van der Waals surface area contributed by atoms with Crippen LogP contribution >= 0.6 is 0 Å². The summed E-state index contributed by atoms with van der Waals surface area (Å²) in [5.74, 6) is 0.769. The third-order valence-corrected chi connectivity index (χ3v) is 4.31. The van der Waals surface area contributed by atoms with E-state index < -0.39 is 0 Å². The molecule has 0 saturated carbocycles. The molecule has 4 N–H and O–H groups in total. The first-order chi connectivity index (χ1) is 11.6. The molecule has 0 aliphatic rings. The number of para-hydroxylation sites is 1. The number of nitrogens with zero attached hydrogens (tertiary/aromatic N) is 4. The van der Waals surface area contributed by atoms with E-state index in [0.29, 0.717) is 5.82 Å². The molecular formula is C18H16N6. The van der Waals surface area contributed by atoms with Crippen LogP contribution in [0.2, 0.25) is 0 Å². The summed E-state index contributed by atoms with van der Waals surface area (Å²) in [4.78, 5) is 17.1. The van der Waals surface area contributed by atoms with Crippen molar-refractivity contribution in [2.24, 2.45) is 0 Å². The van der Waals surface area contributed by atoms with E-state index in [2.05, 4.69) is 26.9 Å². The summed E-state index contributed by atoms with van der Waals surface area (Å²) in [5, 5.41) is 1.86. The number of aromatic nitrogens is 4. The van der Waals surface area contributed by atoms with Crippen LogP contribution in [-0.2, 0) is 0 Å². The molecule has 0 spiro atoms. The number of rotatable bonds is 1. The Kier molecular flexibility index (Phi) is 3.06. The van der Waals surface area contributed by atoms with Crippen molar-refractivity contribution in [1.29, 1.82) is 0 Å². The highest BCUT2D eigenvalue weighted by Crippen LogP contribution is 2.34. The molecule has 0 aliphatic heterocycles. The molecule has 0 amide bonds. The van der Waals surface area contributed by atoms with E-state index in [-0.39, 0.29) is 5.95 Å². The Balaban J connectivity index is 2.08. The third kappa shape index (κ3) is 2.04. The summed E-state index contributed by atoms with van der Waals surface area (Å²) in [7, 11) is 0. The number of fused-ring (bicyclic) bond motifs is 2. The van der Waals surface area contributed by atoms with Gasteiger partial charge in [0.1, 0.15) is 12.1 Å². The van der Waals surface area contributed by atoms with Gasteiger partial charge in [-0.1, -0.05) is 18.2 Å². The maximum absolute atomic E-state index is 5.99. The lowest BCUT2D eigenvalue weighted by atomic mass is 9.94. The molecule has 0 aliphatic carbocycles. The lowest BCUT2D eigenvalue weighted by molar-refractivity contribution is 1.16. The molecule has 6 nitrogen and oxygen atoms in total. The van der Waals surface area contributed by atoms with Gasteiger partial charge in [-0.15, -0.1) is 0 Å². The minimum absolute atomic E-state index is 0.290. The van der Waals surface area contributed by atoms with Gasteiger partial charge in [-0.3, -0.25) is 0 Å². The molecule has 0 radical (unpaired) electrons. The smallest absolute Gasteiger partial charge is 0.220 e. The van der Waals surface area contributed by atoms with Gasteiger partial charge in [0, 0.05) is 16.3 Å². The van der Waals surface area contributed by atoms with Crippen molar-refractivity contribution in [2.45, 2.75) is 13.8 Å². The molecule has 118 valence electrons. The molecule has 6 heteroatoms. The van der Waals surface area contributed by atoms with Crippen molar-refractivity contribution >= 4 is 33.6 Å². The van der Waals surface area contributed by atoms with Crippen LogP contribution in [0.5, 0.6) is 0 Å². The number of benzene rings is 2. The molecule has 24 heavy (non-hydrogen) atoms. The largest absolute Gasteiger partial charge is 0.383 e. The highest BCUT2D eigenvalue weighted by Gasteiger charge is 2.14. The Morgan fingerprint density at radius 2 is 1.71 bits per heavy atom. The SMILES string of the molecule is Cc1nc(N)nc2ccc(-c3cccc4c(N)ncnc34)c(C)c12. The molecule has 2 aromatic heterocycles. The van der Waals surface area contributed by atoms with Gasteiger partial charge < -0.3 is 11.5 Å². The maximum atomic E-state index is 5.99. The minimum Gasteiger partial charge on any atom is -0.383 e. The van der Waals surface area contributed by atoms with Gasteiger partial charge in [0.25, 0.3) is 0 Å². The number of hydrogen-bond acceptors (Lipinski definition) is 6. The van der Waals surface area contributed by atoms with Gasteiger partial charge in [0.2, 0.25) is 5.95 Å². The summed E-state index contributed by atoms with van der Waals surface area (Å²) in [6, 6.07) is 9.94. The molecule has 0 saturated heterocycles. The highest BCUT2D eigenvalue weighted by atomic mass is 15.0. The van der Waals surface area contributed by atoms with Crippen molar-refractivity contribution < 1.29 is 0 Å². The van der Waals surface area contributed by atoms with Gasteiger partial charge in [-0.05, 0) is 37.1 Å². The Labute approximate surface area is 138 Å². The average Bonchev–Trinajstić information content (AvgIpc) is 2.55. The van der Waals surface area contributed by atoms with E-state index >= 15 is 0 Å². The topological polar surface area (TPSA) is 104 Å². The third-order valence-electron chi connectivity index (χ3n) is 4.31. The van der Waals surface area contributed by atoms with Crippen molar-refractivity contribution in [1.82, 2.24) is 19.9 Å². The predicted octanol–water partition coefficient (Wildman–Crippen LogP) is 3.02. The Bertz CT molecular complexity index is 1100. The number of aryl methyl sites for hydroxylation is 2. The Hall–Kier alpha value is -3.28. The fourth-order valence-electron chi connectivity index (χ4n) is 3.24. The number of anilines is 2. The van der Waals surface area contributed by atoms with E-state index in [9.17, 15) is 0 Å². The fourth-order valence-corrected chi connectivity index (χ4v) is 3.24. The lowest BCUT2D eigenvalue weighted by Crippen LogP contribution is -2.00. The van der Waals surface area contributed by atoms with E-state index in [1.165, 1.54) is 6.33 Å². The van der Waals surface area contributed by atoms with E-state index in [0.717, 1.165) is 44.2 Å². The lowest BCUT2D eigenvalue weighted by Gasteiger charge is -2.13. The summed E-state index contributed by atoms with van der Waals surface area (Å²) >= 11 is 0. The van der Waals surface area contributed by atoms with Crippen molar-refractivity contribution in [3.8, 4) is 11.1 Å². The molecular weight excluding hydrogens is 300 g/mol. The van der Waals surface area contributed by atoms with Crippen LogP contribution in [0.1, 0.15) is 11.3 Å². The zero-order chi connectivity index (χ0) is 16.8. The van der Waals surface area contributed by atoms with Crippen LogP contribution in [0.15, 0.2) is 36.7 Å². The average molecular weight is 316 g/mol. The zero-order valence-corrected chi connectivity index (χ0v) is 13.4. The van der Waals surface area contributed by atoms with Crippen LogP contribution < -0.4 is 11.5 Å². The van der Waals surface area contributed by atoms with Crippen LogP contribution in [0.4, 0.5) is 11.8 Å². The molecule has 0 fully saturated rings. The molecule has 0 unspecified atom stereocenters. The minimum atomic E-state index is 0.290. The summed E-state index contributed by atoms with van der Waals surface area (Å²) in [6.45, 7) is 4.01. The Morgan fingerprint density at radius 3 is 2.54 bits per heavy atom. The second-order valence-corrected chi connectivity index (χ2v) is 5.76. The first-order valence-electron chi connectivity index (χ1n) is 7.59. The first kappa shape index (κ1) is 14.3. The fraction of sp³-hybridized carbons (Fsp3) is 0.111. The second-order valence-electron chi connectivity index (χ2n) is 5.76. The molecule has 0 bridgehead atoms. The molecule has 4 rings (SSSR count). The molecule has 0 atom stereocenters. The van der Waals surface area contributed by atoms with E-state index in [1.54, 1.807) is 0 Å². The normalized spacial score (nSPS) is 11.2. The number of nitrogen functional groups attached to an aromatic ring is 2. The molecule has 2 heterocycles. The van der Waals surface area contributed by atoms with Crippen molar-refractivity contribution in [3.63, 3.8) is 0 Å². The molecule has 4 aromatic rings. The number of hydrogen-bond donors (Lipinski definition) is 2. The van der Waals surface area contributed by atoms with E-state index in [4.69, 9.17) is 11.5 Å². The van der Waals surface area contributed by atoms with Gasteiger partial charge in [-0.2, -0.15) is 0 Å². The quantitative estimate of drug-likeness (QED) is 0.559. The van der Waals surface area contributed by atoms with Crippen LogP contribution in [-0.4, -0.2) is 19.9 Å². The van der Waals surface area contributed by atoms with Gasteiger partial charge >= 0.3 is 0 Å². The highest BCUT2D eigenvalue weighted by molar-refractivity contribution is 6.01. The number of nitrogens with two attached hydrogens (primary N) is 2. The van der Waals surface area contributed by atoms with Crippen LogP contribution in [0.25, 0.3) is 32.9 Å². The monoisotopic (exact) mass is 316 g/mol. The Morgan fingerprint density at radius 1 is 0.875 bits per heavy atom. The maximum Gasteiger partial charge on any atom is 0.220 e. The molecule has 2 aromatic carbocycles. The summed E-state index contributed by atoms with van der Waals surface area (Å²) in [5.41, 5.74) is 17.5. The summed E-state index contributed by atoms with van der Waals surface area (Å²) in [6.07, 6.45) is 1.49. The van der Waals surface area contributed by atoms with Crippen molar-refractivity contribution in [2.75, 3.05) is 11.5 Å². The van der Waals surface area contributed by atoms with Crippen molar-refractivity contribution in [3.05, 3.63) is 47.9 Å². The zero-order valence-electron chi connectivity index (χ0n) is 13.4. The predicted molar refractivity (Wildman–Crippen MR) is 96.4 cm³/mol. The van der Waals surface area contributed by atoms with Crippen LogP contribution in [0, 0.1) is 13.8 Å².